The van der Waals surface area contributed by atoms with E-state index in [0.717, 1.165) is 90.5 Å². The van der Waals surface area contributed by atoms with E-state index in [9.17, 15) is 10.2 Å². The third-order valence-corrected chi connectivity index (χ3v) is 12.8. The predicted octanol–water partition coefficient (Wildman–Crippen LogP) is 7.89. The molecule has 284 valence electrons. The third kappa shape index (κ3) is 9.49. The molecule has 0 spiro atoms. The smallest absolute Gasteiger partial charge is 0.230 e. The van der Waals surface area contributed by atoms with E-state index in [4.69, 9.17) is 19.0 Å². The molecular formula is C42H53N3O6S2. The molecule has 6 rings (SSSR count). The molecule has 1 fully saturated rings. The lowest BCUT2D eigenvalue weighted by Gasteiger charge is -2.58. The Hall–Kier alpha value is -3.35. The number of oxime groups is 1. The maximum Gasteiger partial charge on any atom is 0.230 e. The number of thioether (sulfide) groups is 2. The Balaban J connectivity index is 1.41. The van der Waals surface area contributed by atoms with Gasteiger partial charge in [-0.15, -0.1) is 18.3 Å². The minimum Gasteiger partial charge on any atom is -0.493 e. The molecule has 3 aliphatic rings. The molecule has 0 bridgehead atoms. The van der Waals surface area contributed by atoms with Crippen molar-refractivity contribution in [3.05, 3.63) is 103 Å². The van der Waals surface area contributed by atoms with Gasteiger partial charge in [-0.25, -0.2) is 0 Å². The molecule has 1 aliphatic heterocycles. The number of hydrogen-bond donors (Lipinski definition) is 2. The van der Waals surface area contributed by atoms with Gasteiger partial charge in [0.25, 0.3) is 0 Å². The van der Waals surface area contributed by atoms with Crippen molar-refractivity contribution in [1.82, 2.24) is 9.97 Å². The van der Waals surface area contributed by atoms with Gasteiger partial charge in [0, 0.05) is 66.8 Å². The van der Waals surface area contributed by atoms with E-state index in [0.29, 0.717) is 19.6 Å². The maximum atomic E-state index is 9.85. The van der Waals surface area contributed by atoms with Gasteiger partial charge >= 0.3 is 0 Å². The minimum absolute atomic E-state index is 0.0223. The van der Waals surface area contributed by atoms with Gasteiger partial charge in [-0.2, -0.15) is 11.8 Å². The van der Waals surface area contributed by atoms with Crippen LogP contribution in [0.4, 0.5) is 0 Å². The number of aromatic nitrogens is 2. The fourth-order valence-electron chi connectivity index (χ4n) is 8.28. The molecule has 2 heterocycles. The van der Waals surface area contributed by atoms with Crippen molar-refractivity contribution in [2.75, 3.05) is 45.0 Å². The largest absolute Gasteiger partial charge is 0.493 e. The van der Waals surface area contributed by atoms with E-state index < -0.39 is 5.79 Å². The summed E-state index contributed by atoms with van der Waals surface area (Å²) in [6.45, 7) is 5.27. The number of allylic oxidation sites excluding steroid dienone is 1. The summed E-state index contributed by atoms with van der Waals surface area (Å²) in [5.74, 6) is 2.57. The highest BCUT2D eigenvalue weighted by atomic mass is 32.2. The molecule has 6 atom stereocenters. The van der Waals surface area contributed by atoms with Crippen LogP contribution < -0.4 is 9.47 Å². The molecule has 53 heavy (non-hydrogen) atoms. The quantitative estimate of drug-likeness (QED) is 0.0481. The van der Waals surface area contributed by atoms with Crippen LogP contribution in [0, 0.1) is 17.8 Å². The number of aliphatic hydroxyl groups excluding tert-OH is 2. The van der Waals surface area contributed by atoms with Crippen LogP contribution in [-0.2, 0) is 16.0 Å². The second-order valence-corrected chi connectivity index (χ2v) is 16.2. The van der Waals surface area contributed by atoms with Crippen LogP contribution in [0.25, 0.3) is 0 Å². The zero-order chi connectivity index (χ0) is 36.9. The number of nitrogens with zero attached hydrogens (tertiary/aromatic N) is 3. The summed E-state index contributed by atoms with van der Waals surface area (Å²) in [7, 11) is 1.61. The van der Waals surface area contributed by atoms with Gasteiger partial charge in [-0.3, -0.25) is 9.97 Å². The van der Waals surface area contributed by atoms with Gasteiger partial charge in [0.2, 0.25) is 5.79 Å². The Kier molecular flexibility index (Phi) is 14.7. The van der Waals surface area contributed by atoms with Gasteiger partial charge < -0.3 is 29.3 Å². The van der Waals surface area contributed by atoms with Crippen LogP contribution in [0.1, 0.15) is 62.1 Å². The molecule has 0 unspecified atom stereocenters. The van der Waals surface area contributed by atoms with Crippen LogP contribution in [0.2, 0.25) is 0 Å². The second kappa shape index (κ2) is 19.8. The van der Waals surface area contributed by atoms with Crippen molar-refractivity contribution in [2.45, 2.75) is 73.2 Å². The summed E-state index contributed by atoms with van der Waals surface area (Å²) in [6, 6.07) is 16.7. The van der Waals surface area contributed by atoms with Crippen LogP contribution >= 0.6 is 23.5 Å². The first-order valence-electron chi connectivity index (χ1n) is 18.9. The third-order valence-electron chi connectivity index (χ3n) is 10.5. The van der Waals surface area contributed by atoms with Crippen molar-refractivity contribution >= 4 is 29.2 Å². The SMILES string of the molecule is C=CCO[C@@]12Oc3ccc(OCCSc4ccccc4)cc3[C@H]3[C@H](CCCCO)[C@@H](CCCCO)C=C(C(=NOC)C[C@@H]1SCCc1cnccn1)[C@H]32. The number of ether oxygens (including phenoxy) is 3. The molecule has 2 N–H and O–H groups in total. The minimum atomic E-state index is -1.00. The second-order valence-electron chi connectivity index (χ2n) is 13.8. The summed E-state index contributed by atoms with van der Waals surface area (Å²) >= 11 is 3.60. The van der Waals surface area contributed by atoms with Crippen LogP contribution in [-0.4, -0.2) is 82.0 Å². The highest BCUT2D eigenvalue weighted by Crippen LogP contribution is 2.62. The van der Waals surface area contributed by atoms with Crippen LogP contribution in [0.15, 0.2) is 101 Å². The van der Waals surface area contributed by atoms with Crippen molar-refractivity contribution in [3.8, 4) is 11.5 Å². The van der Waals surface area contributed by atoms with Crippen LogP contribution in [0.3, 0.4) is 0 Å². The van der Waals surface area contributed by atoms with Crippen molar-refractivity contribution in [1.29, 1.82) is 0 Å². The topological polar surface area (TPSA) is 116 Å². The Morgan fingerprint density at radius 2 is 1.87 bits per heavy atom. The first kappa shape index (κ1) is 39.3. The monoisotopic (exact) mass is 759 g/mol. The lowest BCUT2D eigenvalue weighted by Crippen LogP contribution is -2.64. The summed E-state index contributed by atoms with van der Waals surface area (Å²) in [5.41, 5.74) is 4.11. The van der Waals surface area contributed by atoms with E-state index in [1.165, 1.54) is 4.90 Å². The molecule has 9 nitrogen and oxygen atoms in total. The summed E-state index contributed by atoms with van der Waals surface area (Å²) < 4.78 is 20.7. The summed E-state index contributed by atoms with van der Waals surface area (Å²) in [5, 5.41) is 24.2. The highest BCUT2D eigenvalue weighted by molar-refractivity contribution is 8.00. The first-order chi connectivity index (χ1) is 26.1. The van der Waals surface area contributed by atoms with Crippen LogP contribution in [0.5, 0.6) is 11.5 Å². The number of hydrogen-bond acceptors (Lipinski definition) is 11. The fourth-order valence-corrected chi connectivity index (χ4v) is 10.4. The van der Waals surface area contributed by atoms with E-state index in [-0.39, 0.29) is 42.1 Å². The number of benzene rings is 2. The molecule has 1 aromatic heterocycles. The van der Waals surface area contributed by atoms with Crippen molar-refractivity contribution in [2.24, 2.45) is 22.9 Å². The highest BCUT2D eigenvalue weighted by Gasteiger charge is 2.63. The van der Waals surface area contributed by atoms with Gasteiger partial charge in [-0.05, 0) is 79.2 Å². The molecule has 2 aliphatic carbocycles. The molecule has 0 amide bonds. The molecule has 3 aromatic rings. The van der Waals surface area contributed by atoms with E-state index in [1.54, 1.807) is 37.3 Å². The Morgan fingerprint density at radius 3 is 2.62 bits per heavy atom. The van der Waals surface area contributed by atoms with Gasteiger partial charge in [-0.1, -0.05) is 48.3 Å². The summed E-state index contributed by atoms with van der Waals surface area (Å²) in [6.07, 6.45) is 16.0. The van der Waals surface area contributed by atoms with Crippen molar-refractivity contribution in [3.63, 3.8) is 0 Å². The number of fused-ring (bicyclic) bond motifs is 2. The Morgan fingerprint density at radius 1 is 1.04 bits per heavy atom. The molecule has 0 radical (unpaired) electrons. The van der Waals surface area contributed by atoms with Crippen molar-refractivity contribution < 1.29 is 29.3 Å². The maximum absolute atomic E-state index is 9.85. The average Bonchev–Trinajstić information content (AvgIpc) is 3.19. The lowest BCUT2D eigenvalue weighted by atomic mass is 9.56. The first-order valence-corrected chi connectivity index (χ1v) is 20.9. The molecular weight excluding hydrogens is 707 g/mol. The zero-order valence-corrected chi connectivity index (χ0v) is 32.3. The van der Waals surface area contributed by atoms with Gasteiger partial charge in [0.1, 0.15) is 18.6 Å². The lowest BCUT2D eigenvalue weighted by molar-refractivity contribution is -0.223. The zero-order valence-electron chi connectivity index (χ0n) is 30.7. The number of unbranched alkanes of at least 4 members (excludes halogenated alkanes) is 2. The number of aryl methyl sites for hydroxylation is 1. The standard InChI is InChI=1S/C42H53N3O6S2/c1-3-22-50-42-39(53-24-17-31-29-43-18-19-44-31)28-37(45-48-2)35-26-30(11-7-9-20-46)34(14-8-10-21-47)40(41(35)42)36-27-32(15-16-38(36)51-42)49-23-25-52-33-12-5-4-6-13-33/h3-6,12-13,15-16,18-19,26-27,29-30,34,39-41,46-47H,1,7-11,14,17,20-25,28H2,2H3/t30-,34+,39-,40+,41+,42+/m0/s1. The van der Waals surface area contributed by atoms with Gasteiger partial charge in [0.15, 0.2) is 0 Å². The Bertz CT molecular complexity index is 1660. The number of aliphatic hydroxyl groups is 2. The molecule has 1 saturated carbocycles. The summed E-state index contributed by atoms with van der Waals surface area (Å²) in [4.78, 5) is 15.6. The fraction of sp³-hybridized carbons (Fsp3) is 0.500. The number of rotatable bonds is 21. The van der Waals surface area contributed by atoms with E-state index in [2.05, 4.69) is 64.2 Å². The van der Waals surface area contributed by atoms with E-state index in [1.807, 2.05) is 30.1 Å². The Labute approximate surface area is 322 Å². The molecule has 2 aromatic carbocycles. The molecule has 0 saturated heterocycles. The molecule has 11 heteroatoms. The average molecular weight is 760 g/mol. The van der Waals surface area contributed by atoms with Gasteiger partial charge in [0.05, 0.1) is 35.8 Å². The predicted molar refractivity (Wildman–Crippen MR) is 213 cm³/mol. The normalized spacial score (nSPS) is 25.2. The van der Waals surface area contributed by atoms with E-state index >= 15 is 0 Å².